The van der Waals surface area contributed by atoms with Crippen molar-refractivity contribution in [1.82, 2.24) is 5.32 Å². The molecule has 2 aromatic carbocycles. The SMILES string of the molecule is COC(=O)C1=C(C)N(c2cccc(Br)c2)C(=S)NC1c1ccccc1OC. The lowest BCUT2D eigenvalue weighted by Gasteiger charge is -2.37. The van der Waals surface area contributed by atoms with Gasteiger partial charge < -0.3 is 14.8 Å². The number of rotatable bonds is 4. The van der Waals surface area contributed by atoms with Crippen LogP contribution in [-0.4, -0.2) is 25.3 Å². The third kappa shape index (κ3) is 3.70. The Hall–Kier alpha value is -2.38. The average molecular weight is 447 g/mol. The molecule has 7 heteroatoms. The molecule has 0 saturated heterocycles. The predicted molar refractivity (Wildman–Crippen MR) is 113 cm³/mol. The number of esters is 1. The van der Waals surface area contributed by atoms with Gasteiger partial charge in [0.25, 0.3) is 0 Å². The Bertz CT molecular complexity index is 929. The molecule has 0 saturated carbocycles. The summed E-state index contributed by atoms with van der Waals surface area (Å²) in [4.78, 5) is 14.5. The summed E-state index contributed by atoms with van der Waals surface area (Å²) in [7, 11) is 2.97. The average Bonchev–Trinajstić information content (AvgIpc) is 2.67. The summed E-state index contributed by atoms with van der Waals surface area (Å²) in [5.74, 6) is 0.251. The smallest absolute Gasteiger partial charge is 0.337 e. The number of carbonyl (C=O) groups is 1. The van der Waals surface area contributed by atoms with Gasteiger partial charge in [-0.1, -0.05) is 40.2 Å². The first-order valence-electron chi connectivity index (χ1n) is 8.26. The van der Waals surface area contributed by atoms with Crippen LogP contribution in [-0.2, 0) is 9.53 Å². The molecular formula is C20H19BrN2O3S. The fourth-order valence-corrected chi connectivity index (χ4v) is 3.93. The summed E-state index contributed by atoms with van der Waals surface area (Å²) in [6.07, 6.45) is 0. The summed E-state index contributed by atoms with van der Waals surface area (Å²) in [6, 6.07) is 14.8. The zero-order valence-electron chi connectivity index (χ0n) is 15.2. The van der Waals surface area contributed by atoms with E-state index in [1.807, 2.05) is 60.4 Å². The quantitative estimate of drug-likeness (QED) is 0.556. The number of halogens is 1. The van der Waals surface area contributed by atoms with Gasteiger partial charge in [-0.15, -0.1) is 0 Å². The molecule has 0 spiro atoms. The minimum absolute atomic E-state index is 0.418. The third-order valence-electron chi connectivity index (χ3n) is 4.41. The number of anilines is 1. The number of hydrogen-bond donors (Lipinski definition) is 1. The van der Waals surface area contributed by atoms with Crippen molar-refractivity contribution in [2.45, 2.75) is 13.0 Å². The van der Waals surface area contributed by atoms with E-state index in [2.05, 4.69) is 21.2 Å². The number of methoxy groups -OCH3 is 2. The number of nitrogens with zero attached hydrogens (tertiary/aromatic N) is 1. The molecule has 0 bridgehead atoms. The van der Waals surface area contributed by atoms with Crippen LogP contribution in [0.5, 0.6) is 5.75 Å². The molecule has 1 aliphatic rings. The number of allylic oxidation sites excluding steroid dienone is 1. The van der Waals surface area contributed by atoms with Gasteiger partial charge in [-0.05, 0) is 43.4 Å². The van der Waals surface area contributed by atoms with Gasteiger partial charge in [0.05, 0.1) is 25.8 Å². The second-order valence-corrected chi connectivity index (χ2v) is 7.23. The van der Waals surface area contributed by atoms with Gasteiger partial charge in [0.15, 0.2) is 5.11 Å². The predicted octanol–water partition coefficient (Wildman–Crippen LogP) is 4.34. The maximum Gasteiger partial charge on any atom is 0.337 e. The summed E-state index contributed by atoms with van der Waals surface area (Å²) >= 11 is 9.11. The molecule has 0 radical (unpaired) electrons. The second kappa shape index (κ2) is 8.10. The molecule has 1 N–H and O–H groups in total. The summed E-state index contributed by atoms with van der Waals surface area (Å²) in [6.45, 7) is 1.86. The van der Waals surface area contributed by atoms with E-state index in [1.165, 1.54) is 7.11 Å². The Morgan fingerprint density at radius 2 is 1.93 bits per heavy atom. The van der Waals surface area contributed by atoms with E-state index in [-0.39, 0.29) is 0 Å². The van der Waals surface area contributed by atoms with Crippen LogP contribution in [0.15, 0.2) is 64.3 Å². The van der Waals surface area contributed by atoms with Crippen LogP contribution in [0.1, 0.15) is 18.5 Å². The third-order valence-corrected chi connectivity index (χ3v) is 5.20. The number of ether oxygens (including phenoxy) is 2. The summed E-state index contributed by atoms with van der Waals surface area (Å²) in [5, 5.41) is 3.77. The van der Waals surface area contributed by atoms with Gasteiger partial charge in [0, 0.05) is 21.4 Å². The van der Waals surface area contributed by atoms with E-state index in [0.717, 1.165) is 15.7 Å². The molecule has 140 valence electrons. The molecule has 0 fully saturated rings. The maximum atomic E-state index is 12.7. The van der Waals surface area contributed by atoms with E-state index < -0.39 is 12.0 Å². The topological polar surface area (TPSA) is 50.8 Å². The largest absolute Gasteiger partial charge is 0.496 e. The molecule has 2 aromatic rings. The van der Waals surface area contributed by atoms with Crippen LogP contribution >= 0.6 is 28.1 Å². The number of hydrogen-bond acceptors (Lipinski definition) is 4. The maximum absolute atomic E-state index is 12.7. The standard InChI is InChI=1S/C20H19BrN2O3S/c1-12-17(19(24)26-3)18(15-9-4-5-10-16(15)25-2)22-20(27)23(12)14-8-6-7-13(21)11-14/h4-11,18H,1-3H3,(H,22,27). The van der Waals surface area contributed by atoms with Crippen molar-refractivity contribution in [1.29, 1.82) is 0 Å². The van der Waals surface area contributed by atoms with Gasteiger partial charge in [0.2, 0.25) is 0 Å². The molecule has 0 aliphatic carbocycles. The van der Waals surface area contributed by atoms with Crippen molar-refractivity contribution in [3.63, 3.8) is 0 Å². The van der Waals surface area contributed by atoms with E-state index >= 15 is 0 Å². The van der Waals surface area contributed by atoms with Crippen LogP contribution in [0, 0.1) is 0 Å². The fourth-order valence-electron chi connectivity index (χ4n) is 3.18. The Morgan fingerprint density at radius 1 is 1.19 bits per heavy atom. The Kier molecular flexibility index (Phi) is 5.82. The van der Waals surface area contributed by atoms with Gasteiger partial charge in [-0.3, -0.25) is 4.90 Å². The van der Waals surface area contributed by atoms with Gasteiger partial charge in [-0.2, -0.15) is 0 Å². The normalized spacial score (nSPS) is 16.8. The van der Waals surface area contributed by atoms with Crippen molar-refractivity contribution in [2.24, 2.45) is 0 Å². The first-order chi connectivity index (χ1) is 13.0. The van der Waals surface area contributed by atoms with Gasteiger partial charge in [-0.25, -0.2) is 4.79 Å². The lowest BCUT2D eigenvalue weighted by molar-refractivity contribution is -0.136. The molecule has 1 unspecified atom stereocenters. The van der Waals surface area contributed by atoms with Crippen LogP contribution in [0.2, 0.25) is 0 Å². The zero-order valence-corrected chi connectivity index (χ0v) is 17.6. The lowest BCUT2D eigenvalue weighted by Crippen LogP contribution is -2.48. The molecular weight excluding hydrogens is 428 g/mol. The number of benzene rings is 2. The molecule has 1 atom stereocenters. The molecule has 1 heterocycles. The minimum Gasteiger partial charge on any atom is -0.496 e. The van der Waals surface area contributed by atoms with Crippen LogP contribution in [0.4, 0.5) is 5.69 Å². The second-order valence-electron chi connectivity index (χ2n) is 5.93. The van der Waals surface area contributed by atoms with Gasteiger partial charge >= 0.3 is 5.97 Å². The van der Waals surface area contributed by atoms with Crippen molar-refractivity contribution >= 4 is 44.9 Å². The number of thiocarbonyl (C=S) groups is 1. The molecule has 0 aromatic heterocycles. The van der Waals surface area contributed by atoms with E-state index in [4.69, 9.17) is 21.7 Å². The van der Waals surface area contributed by atoms with E-state index in [0.29, 0.717) is 22.1 Å². The van der Waals surface area contributed by atoms with Crippen molar-refractivity contribution in [3.05, 3.63) is 69.8 Å². The molecule has 1 aliphatic heterocycles. The first kappa shape index (κ1) is 19.4. The van der Waals surface area contributed by atoms with Crippen LogP contribution < -0.4 is 15.0 Å². The fraction of sp³-hybridized carbons (Fsp3) is 0.200. The monoisotopic (exact) mass is 446 g/mol. The van der Waals surface area contributed by atoms with Gasteiger partial charge in [0.1, 0.15) is 5.75 Å². The van der Waals surface area contributed by atoms with E-state index in [9.17, 15) is 4.79 Å². The molecule has 5 nitrogen and oxygen atoms in total. The van der Waals surface area contributed by atoms with E-state index in [1.54, 1.807) is 7.11 Å². The highest BCUT2D eigenvalue weighted by Crippen LogP contribution is 2.37. The number of nitrogens with one attached hydrogen (secondary N) is 1. The van der Waals surface area contributed by atoms with Crippen LogP contribution in [0.3, 0.4) is 0 Å². The number of para-hydroxylation sites is 1. The molecule has 3 rings (SSSR count). The number of carbonyl (C=O) groups excluding carboxylic acids is 1. The highest BCUT2D eigenvalue weighted by molar-refractivity contribution is 9.10. The van der Waals surface area contributed by atoms with Crippen LogP contribution in [0.25, 0.3) is 0 Å². The van der Waals surface area contributed by atoms with Crippen molar-refractivity contribution in [2.75, 3.05) is 19.1 Å². The Balaban J connectivity index is 2.18. The molecule has 0 amide bonds. The summed E-state index contributed by atoms with van der Waals surface area (Å²) < 4.78 is 11.5. The lowest BCUT2D eigenvalue weighted by atomic mass is 9.94. The highest BCUT2D eigenvalue weighted by Gasteiger charge is 2.36. The molecule has 27 heavy (non-hydrogen) atoms. The Morgan fingerprint density at radius 3 is 2.59 bits per heavy atom. The highest BCUT2D eigenvalue weighted by atomic mass is 79.9. The summed E-state index contributed by atoms with van der Waals surface area (Å²) in [5.41, 5.74) is 2.85. The van der Waals surface area contributed by atoms with Crippen molar-refractivity contribution < 1.29 is 14.3 Å². The minimum atomic E-state index is -0.468. The first-order valence-corrected chi connectivity index (χ1v) is 9.46. The van der Waals surface area contributed by atoms with Crippen molar-refractivity contribution in [3.8, 4) is 5.75 Å². The zero-order chi connectivity index (χ0) is 19.6. The Labute approximate surface area is 172 Å².